The van der Waals surface area contributed by atoms with E-state index in [1.165, 1.54) is 111 Å². The van der Waals surface area contributed by atoms with E-state index in [2.05, 4.69) is 243 Å². The van der Waals surface area contributed by atoms with Crippen molar-refractivity contribution in [3.63, 3.8) is 0 Å². The van der Waals surface area contributed by atoms with Crippen molar-refractivity contribution in [3.8, 4) is 55.6 Å². The monoisotopic (exact) mass is 798 g/mol. The van der Waals surface area contributed by atoms with Crippen LogP contribution in [-0.4, -0.2) is 0 Å². The fourth-order valence-electron chi connectivity index (χ4n) is 11.6. The van der Waals surface area contributed by atoms with Gasteiger partial charge in [0, 0.05) is 11.8 Å². The maximum absolute atomic E-state index is 2.55. The Balaban J connectivity index is 0.953. The molecule has 2 unspecified atom stereocenters. The lowest BCUT2D eigenvalue weighted by molar-refractivity contribution is 0.789. The molecule has 0 heterocycles. The Morgan fingerprint density at radius 1 is 0.270 bits per heavy atom. The number of hydrogen-bond acceptors (Lipinski definition) is 0. The first kappa shape index (κ1) is 35.9. The van der Waals surface area contributed by atoms with Gasteiger partial charge in [-0.15, -0.1) is 0 Å². The smallest absolute Gasteiger partial charge is 0.0622 e. The minimum atomic E-state index is -0.396. The van der Waals surface area contributed by atoms with Gasteiger partial charge in [-0.05, 0) is 117 Å². The van der Waals surface area contributed by atoms with Gasteiger partial charge in [-0.3, -0.25) is 0 Å². The summed E-state index contributed by atoms with van der Waals surface area (Å²) >= 11 is 0. The molecule has 3 aliphatic carbocycles. The first-order chi connectivity index (χ1) is 31.3. The molecular formula is C63H42. The van der Waals surface area contributed by atoms with Crippen LogP contribution in [0.15, 0.2) is 243 Å². The summed E-state index contributed by atoms with van der Waals surface area (Å²) in [4.78, 5) is 0. The Morgan fingerprint density at radius 2 is 0.698 bits per heavy atom. The second-order valence-electron chi connectivity index (χ2n) is 17.5. The quantitative estimate of drug-likeness (QED) is 0.147. The third kappa shape index (κ3) is 5.35. The Morgan fingerprint density at radius 3 is 1.30 bits per heavy atom. The van der Waals surface area contributed by atoms with Crippen molar-refractivity contribution < 1.29 is 0 Å². The van der Waals surface area contributed by atoms with Crippen LogP contribution in [-0.2, 0) is 5.41 Å². The van der Waals surface area contributed by atoms with E-state index in [1.54, 1.807) is 0 Å². The minimum absolute atomic E-state index is 0.0142. The van der Waals surface area contributed by atoms with Gasteiger partial charge in [-0.25, -0.2) is 0 Å². The summed E-state index contributed by atoms with van der Waals surface area (Å²) in [5.74, 6) is 0.258. The lowest BCUT2D eigenvalue weighted by atomic mass is 9.70. The molecular weight excluding hydrogens is 757 g/mol. The van der Waals surface area contributed by atoms with Crippen LogP contribution in [0.4, 0.5) is 0 Å². The van der Waals surface area contributed by atoms with Crippen LogP contribution >= 0.6 is 0 Å². The second-order valence-corrected chi connectivity index (χ2v) is 17.5. The van der Waals surface area contributed by atoms with Gasteiger partial charge < -0.3 is 0 Å². The average molecular weight is 799 g/mol. The van der Waals surface area contributed by atoms with Gasteiger partial charge in [-0.2, -0.15) is 0 Å². The second kappa shape index (κ2) is 14.1. The highest BCUT2D eigenvalue weighted by Crippen LogP contribution is 2.63. The molecule has 0 aliphatic heterocycles. The van der Waals surface area contributed by atoms with E-state index in [1.807, 2.05) is 0 Å². The molecule has 294 valence electrons. The van der Waals surface area contributed by atoms with Crippen LogP contribution in [0.2, 0.25) is 0 Å². The molecule has 0 bridgehead atoms. The van der Waals surface area contributed by atoms with E-state index in [4.69, 9.17) is 0 Å². The minimum Gasteiger partial charge on any atom is -0.0622 e. The number of rotatable bonds is 6. The summed E-state index contributed by atoms with van der Waals surface area (Å²) in [7, 11) is 0. The lowest BCUT2D eigenvalue weighted by Crippen LogP contribution is -2.26. The maximum atomic E-state index is 2.55. The zero-order valence-corrected chi connectivity index (χ0v) is 34.7. The van der Waals surface area contributed by atoms with Crippen LogP contribution in [0.3, 0.4) is 0 Å². The van der Waals surface area contributed by atoms with Crippen LogP contribution in [0.1, 0.15) is 67.5 Å². The normalized spacial score (nSPS) is 14.9. The third-order valence-electron chi connectivity index (χ3n) is 14.3. The van der Waals surface area contributed by atoms with Crippen molar-refractivity contribution in [1.82, 2.24) is 0 Å². The molecule has 0 amide bonds. The van der Waals surface area contributed by atoms with Gasteiger partial charge in [0.15, 0.2) is 0 Å². The van der Waals surface area contributed by atoms with Crippen molar-refractivity contribution in [2.24, 2.45) is 0 Å². The molecule has 63 heavy (non-hydrogen) atoms. The molecule has 0 radical (unpaired) electrons. The molecule has 0 heteroatoms. The van der Waals surface area contributed by atoms with Gasteiger partial charge in [-0.1, -0.05) is 237 Å². The summed E-state index contributed by atoms with van der Waals surface area (Å²) in [6.45, 7) is 0. The number of benzene rings is 10. The van der Waals surface area contributed by atoms with Crippen LogP contribution in [0, 0.1) is 0 Å². The third-order valence-corrected chi connectivity index (χ3v) is 14.3. The fraction of sp³-hybridized carbons (Fsp3) is 0.0476. The maximum Gasteiger partial charge on any atom is 0.0725 e. The molecule has 2 atom stereocenters. The predicted octanol–water partition coefficient (Wildman–Crippen LogP) is 15.7. The van der Waals surface area contributed by atoms with E-state index in [0.29, 0.717) is 0 Å². The first-order valence-electron chi connectivity index (χ1n) is 22.2. The summed E-state index contributed by atoms with van der Waals surface area (Å²) in [6.07, 6.45) is 0. The molecule has 0 N–H and O–H groups in total. The number of fused-ring (bicyclic) bond motifs is 13. The van der Waals surface area contributed by atoms with Crippen molar-refractivity contribution in [3.05, 3.63) is 298 Å². The topological polar surface area (TPSA) is 0 Å². The molecule has 10 aromatic rings. The molecule has 0 aromatic heterocycles. The van der Waals surface area contributed by atoms with Crippen molar-refractivity contribution in [1.29, 1.82) is 0 Å². The first-order valence-corrected chi connectivity index (χ1v) is 22.2. The Bertz CT molecular complexity index is 3310. The molecule has 13 rings (SSSR count). The zero-order valence-electron chi connectivity index (χ0n) is 34.7. The number of hydrogen-bond donors (Lipinski definition) is 0. The van der Waals surface area contributed by atoms with E-state index in [9.17, 15) is 0 Å². The average Bonchev–Trinajstić information content (AvgIpc) is 3.96. The molecule has 1 spiro atoms. The van der Waals surface area contributed by atoms with E-state index < -0.39 is 5.41 Å². The van der Waals surface area contributed by atoms with Gasteiger partial charge in [0.05, 0.1) is 5.41 Å². The molecule has 10 aromatic carbocycles. The lowest BCUT2D eigenvalue weighted by Gasteiger charge is -2.31. The SMILES string of the molecule is c1ccc(-c2ccc(C(c3ccc(-c4ccc5c(c4)-c4ccccc4C5c4ccccc4)cc3)c3ccc4c(c3)C3(c5ccccc5-c5ccccc53)c3ccccc3-4)cc2)cc1. The van der Waals surface area contributed by atoms with E-state index >= 15 is 0 Å². The summed E-state index contributed by atoms with van der Waals surface area (Å²) < 4.78 is 0. The molecule has 0 saturated carbocycles. The van der Waals surface area contributed by atoms with E-state index in [0.717, 1.165) is 0 Å². The van der Waals surface area contributed by atoms with Gasteiger partial charge >= 0.3 is 0 Å². The largest absolute Gasteiger partial charge is 0.0725 e. The highest BCUT2D eigenvalue weighted by Gasteiger charge is 2.51. The fourth-order valence-corrected chi connectivity index (χ4v) is 11.6. The standard InChI is InChI=1S/C63H42/c1-3-15-41(16-4-1)42-27-31-45(32-28-42)61(46-33-29-43(30-34-46)47-35-38-55-56(39-47)49-19-7-8-23-54(49)62(55)44-17-5-2-6-18-44)48-36-37-53-52-22-11-14-26-59(52)63(60(53)40-48)57-24-12-9-20-50(57)51-21-10-13-25-58(51)63/h1-40,61-62H. The predicted molar refractivity (Wildman–Crippen MR) is 260 cm³/mol. The van der Waals surface area contributed by atoms with Crippen molar-refractivity contribution in [2.75, 3.05) is 0 Å². The highest BCUT2D eigenvalue weighted by atomic mass is 14.5. The van der Waals surface area contributed by atoms with Gasteiger partial charge in [0.2, 0.25) is 0 Å². The Kier molecular flexibility index (Phi) is 8.05. The Hall–Kier alpha value is -7.80. The highest BCUT2D eigenvalue weighted by molar-refractivity contribution is 5.95. The zero-order chi connectivity index (χ0) is 41.5. The molecule has 0 saturated heterocycles. The van der Waals surface area contributed by atoms with Crippen molar-refractivity contribution in [2.45, 2.75) is 17.3 Å². The van der Waals surface area contributed by atoms with Gasteiger partial charge in [0.1, 0.15) is 0 Å². The van der Waals surface area contributed by atoms with Gasteiger partial charge in [0.25, 0.3) is 0 Å². The van der Waals surface area contributed by atoms with Crippen molar-refractivity contribution >= 4 is 0 Å². The summed E-state index contributed by atoms with van der Waals surface area (Å²) in [6, 6.07) is 91.1. The Labute approximate surface area is 369 Å². The van der Waals surface area contributed by atoms with Crippen LogP contribution in [0.5, 0.6) is 0 Å². The summed E-state index contributed by atoms with van der Waals surface area (Å²) in [5, 5.41) is 0. The molecule has 0 nitrogen and oxygen atoms in total. The van der Waals surface area contributed by atoms with E-state index in [-0.39, 0.29) is 11.8 Å². The van der Waals surface area contributed by atoms with Crippen LogP contribution in [0.25, 0.3) is 55.6 Å². The summed E-state index contributed by atoms with van der Waals surface area (Å²) in [5.41, 5.74) is 25.9. The molecule has 0 fully saturated rings. The molecule has 3 aliphatic rings. The van der Waals surface area contributed by atoms with Crippen LogP contribution < -0.4 is 0 Å².